The number of ether oxygens (including phenoxy) is 1. The number of nitrogens with two attached hydrogens (primary N) is 1. The molecule has 1 aliphatic rings. The number of rotatable bonds is 12. The van der Waals surface area contributed by atoms with Crippen molar-refractivity contribution in [3.05, 3.63) is 157 Å². The van der Waals surface area contributed by atoms with Crippen LogP contribution in [0.4, 0.5) is 0 Å². The Morgan fingerprint density at radius 3 is 1.78 bits per heavy atom. The third-order valence-electron chi connectivity index (χ3n) is 8.37. The minimum absolute atomic E-state index is 0.334. The van der Waals surface area contributed by atoms with Crippen LogP contribution < -0.4 is 37.0 Å². The number of guanidine groups is 2. The van der Waals surface area contributed by atoms with Crippen LogP contribution in [-0.2, 0) is 6.42 Å². The first-order valence-electron chi connectivity index (χ1n) is 15.6. The summed E-state index contributed by atoms with van der Waals surface area (Å²) in [5.41, 5.74) is 8.31. The summed E-state index contributed by atoms with van der Waals surface area (Å²) in [6.07, 6.45) is 2.05. The predicted octanol–water partition coefficient (Wildman–Crippen LogP) is 6.24. The van der Waals surface area contributed by atoms with E-state index < -0.39 is 5.96 Å². The monoisotopic (exact) mass is 647 g/mol. The molecule has 6 nitrogen and oxygen atoms in total. The Bertz CT molecular complexity index is 1670. The van der Waals surface area contributed by atoms with Crippen LogP contribution in [0.5, 0.6) is 5.75 Å². The molecule has 0 fully saturated rings. The number of aliphatic imine (C=N–C) groups is 2. The Balaban J connectivity index is 1.13. The van der Waals surface area contributed by atoms with Gasteiger partial charge in [0.15, 0.2) is 0 Å². The molecular weight excluding hydrogens is 609 g/mol. The van der Waals surface area contributed by atoms with Crippen molar-refractivity contribution in [1.29, 1.82) is 0 Å². The summed E-state index contributed by atoms with van der Waals surface area (Å²) < 4.78 is 6.28. The van der Waals surface area contributed by atoms with Gasteiger partial charge >= 0.3 is 228 Å². The first-order valence-corrected chi connectivity index (χ1v) is 18.9. The standard InChI is InChI=1S/C38H39ClN5OP/c39-46(33-16-7-2-8-17-33,34-18-9-3-10-19-34,35-20-11-4-12-21-35)29-13-28-45-32-24-22-31(23-25-32)36-42-37(40)44-38(43-36)41-27-26-30-14-5-1-6-15-30/h1-12,14-25,36H,13,26-29H2,(H4,40,41,42,43,44). The molecule has 0 bridgehead atoms. The van der Waals surface area contributed by atoms with Crippen molar-refractivity contribution >= 4 is 45.0 Å². The SMILES string of the molecule is NC1=NC(c2ccc(OCCCP(Cl)(c3ccccc3)(c3ccccc3)c3ccccc3)cc2)NC(=NCCc2ccccc2)N1. The molecule has 0 radical (unpaired) electrons. The Labute approximate surface area is 276 Å². The van der Waals surface area contributed by atoms with Crippen molar-refractivity contribution in [3.63, 3.8) is 0 Å². The molecule has 46 heavy (non-hydrogen) atoms. The van der Waals surface area contributed by atoms with E-state index in [0.717, 1.165) is 46.2 Å². The van der Waals surface area contributed by atoms with Gasteiger partial charge in [-0.1, -0.05) is 30.3 Å². The van der Waals surface area contributed by atoms with E-state index in [1.165, 1.54) is 5.56 Å². The molecule has 1 aliphatic heterocycles. The van der Waals surface area contributed by atoms with Crippen LogP contribution in [0.2, 0.25) is 0 Å². The summed E-state index contributed by atoms with van der Waals surface area (Å²) in [5, 5.41) is 9.86. The fourth-order valence-electron chi connectivity index (χ4n) is 6.02. The van der Waals surface area contributed by atoms with E-state index in [2.05, 4.69) is 106 Å². The van der Waals surface area contributed by atoms with Crippen molar-refractivity contribution in [2.45, 2.75) is 19.0 Å². The maximum atomic E-state index is 8.18. The molecule has 4 N–H and O–H groups in total. The van der Waals surface area contributed by atoms with Gasteiger partial charge in [-0.15, -0.1) is 0 Å². The fraction of sp³-hybridized carbons (Fsp3) is 0.158. The molecule has 0 saturated carbocycles. The molecule has 0 amide bonds. The second-order valence-corrected chi connectivity index (χ2v) is 17.9. The van der Waals surface area contributed by atoms with E-state index in [1.807, 2.05) is 60.7 Å². The van der Waals surface area contributed by atoms with Crippen LogP contribution >= 0.6 is 17.2 Å². The van der Waals surface area contributed by atoms with Crippen LogP contribution in [-0.4, -0.2) is 31.2 Å². The van der Waals surface area contributed by atoms with Gasteiger partial charge in [-0.2, -0.15) is 0 Å². The predicted molar refractivity (Wildman–Crippen MR) is 196 cm³/mol. The molecule has 1 unspecified atom stereocenters. The second-order valence-electron chi connectivity index (χ2n) is 11.3. The van der Waals surface area contributed by atoms with Gasteiger partial charge in [-0.25, -0.2) is 0 Å². The number of halogens is 1. The van der Waals surface area contributed by atoms with E-state index in [1.54, 1.807) is 0 Å². The van der Waals surface area contributed by atoms with E-state index in [-0.39, 0.29) is 6.17 Å². The van der Waals surface area contributed by atoms with E-state index >= 15 is 0 Å². The molecular formula is C38H39ClN5OP. The Morgan fingerprint density at radius 1 is 0.717 bits per heavy atom. The quantitative estimate of drug-likeness (QED) is 0.111. The van der Waals surface area contributed by atoms with Gasteiger partial charge in [0.25, 0.3) is 0 Å². The molecule has 0 aromatic heterocycles. The van der Waals surface area contributed by atoms with Crippen LogP contribution in [0.1, 0.15) is 23.7 Å². The summed E-state index contributed by atoms with van der Waals surface area (Å²) in [6, 6.07) is 49.9. The summed E-state index contributed by atoms with van der Waals surface area (Å²) >= 11 is 8.18. The van der Waals surface area contributed by atoms with Gasteiger partial charge in [0.2, 0.25) is 0 Å². The molecule has 1 atom stereocenters. The van der Waals surface area contributed by atoms with E-state index in [0.29, 0.717) is 25.1 Å². The molecule has 234 valence electrons. The Kier molecular flexibility index (Phi) is 9.68. The third kappa shape index (κ3) is 6.79. The van der Waals surface area contributed by atoms with Gasteiger partial charge < -0.3 is 0 Å². The van der Waals surface area contributed by atoms with Gasteiger partial charge in [0, 0.05) is 6.54 Å². The number of hydrogen-bond acceptors (Lipinski definition) is 4. The first-order chi connectivity index (χ1) is 22.5. The second kappa shape index (κ2) is 14.2. The van der Waals surface area contributed by atoms with Crippen LogP contribution in [0.3, 0.4) is 0 Å². The summed E-state index contributed by atoms with van der Waals surface area (Å²) in [6.45, 7) is 1.17. The Morgan fingerprint density at radius 2 is 1.24 bits per heavy atom. The zero-order chi connectivity index (χ0) is 31.7. The minimum Gasteiger partial charge on any atom is -0.0622 e. The van der Waals surface area contributed by atoms with Crippen molar-refractivity contribution in [1.82, 2.24) is 10.6 Å². The average Bonchev–Trinajstić information content (AvgIpc) is 3.12. The van der Waals surface area contributed by atoms with Gasteiger partial charge in [0.05, 0.1) is 0 Å². The number of hydrogen-bond donors (Lipinski definition) is 3. The van der Waals surface area contributed by atoms with Crippen molar-refractivity contribution < 1.29 is 4.74 Å². The molecule has 0 spiro atoms. The molecule has 6 rings (SSSR count). The number of nitrogens with zero attached hydrogens (tertiary/aromatic N) is 2. The fourth-order valence-corrected chi connectivity index (χ4v) is 12.2. The van der Waals surface area contributed by atoms with Gasteiger partial charge in [-0.05, 0) is 12.0 Å². The van der Waals surface area contributed by atoms with Gasteiger partial charge in [0.1, 0.15) is 0 Å². The topological polar surface area (TPSA) is 84.0 Å². The first kappa shape index (κ1) is 31.3. The van der Waals surface area contributed by atoms with Crippen LogP contribution in [0.15, 0.2) is 156 Å². The van der Waals surface area contributed by atoms with Crippen molar-refractivity contribution in [2.24, 2.45) is 15.7 Å². The summed E-state index contributed by atoms with van der Waals surface area (Å²) in [7, 11) is 0. The minimum atomic E-state index is -3.31. The molecule has 0 aliphatic carbocycles. The number of benzene rings is 5. The molecule has 5 aromatic carbocycles. The van der Waals surface area contributed by atoms with Crippen LogP contribution in [0.25, 0.3) is 0 Å². The van der Waals surface area contributed by atoms with E-state index in [9.17, 15) is 0 Å². The molecule has 1 heterocycles. The number of nitrogens with one attached hydrogen (secondary N) is 2. The zero-order valence-corrected chi connectivity index (χ0v) is 27.3. The van der Waals surface area contributed by atoms with Crippen molar-refractivity contribution in [3.8, 4) is 5.75 Å². The normalized spacial score (nSPS) is 16.4. The zero-order valence-electron chi connectivity index (χ0n) is 25.7. The average molecular weight is 648 g/mol. The maximum absolute atomic E-state index is 8.18. The van der Waals surface area contributed by atoms with Gasteiger partial charge in [-0.3, -0.25) is 0 Å². The molecule has 5 aromatic rings. The summed E-state index contributed by atoms with van der Waals surface area (Å²) in [5.74, 6) is -1.57. The van der Waals surface area contributed by atoms with E-state index in [4.69, 9.17) is 21.7 Å². The summed E-state index contributed by atoms with van der Waals surface area (Å²) in [4.78, 5) is 9.20. The molecule has 0 saturated heterocycles. The Hall–Kier alpha value is -4.64. The van der Waals surface area contributed by atoms with Crippen molar-refractivity contribution in [2.75, 3.05) is 19.3 Å². The smallest absolute Gasteiger partial charge is 0.0622 e. The molecule has 8 heteroatoms. The third-order valence-corrected chi connectivity index (χ3v) is 15.9. The van der Waals surface area contributed by atoms with Crippen LogP contribution in [0, 0.1) is 0 Å².